The van der Waals surface area contributed by atoms with Crippen LogP contribution in [-0.4, -0.2) is 52.4 Å². The first kappa shape index (κ1) is 30.6. The highest BCUT2D eigenvalue weighted by Crippen LogP contribution is 2.52. The molecular weight excluding hydrogens is 409 g/mol. The van der Waals surface area contributed by atoms with Gasteiger partial charge in [-0.05, 0) is 51.4 Å². The summed E-state index contributed by atoms with van der Waals surface area (Å²) < 4.78 is 12.1. The quantitative estimate of drug-likeness (QED) is 0.0834. The fourth-order valence-corrected chi connectivity index (χ4v) is 4.86. The van der Waals surface area contributed by atoms with Crippen molar-refractivity contribution in [3.05, 3.63) is 24.3 Å². The molecule has 0 radical (unpaired) electrons. The van der Waals surface area contributed by atoms with E-state index in [1.807, 2.05) is 21.1 Å². The summed E-state index contributed by atoms with van der Waals surface area (Å²) in [6.45, 7) is 2.29. The lowest BCUT2D eigenvalue weighted by atomic mass is 10.1. The lowest BCUT2D eigenvalue weighted by molar-refractivity contribution is -0.875. The minimum atomic E-state index is -4.57. The Morgan fingerprint density at radius 1 is 0.710 bits per heavy atom. The number of nitrogens with zero attached hydrogens (tertiary/aromatic N) is 1. The summed E-state index contributed by atoms with van der Waals surface area (Å²) >= 11 is 0. The second kappa shape index (κ2) is 17.1. The smallest absolute Gasteiger partial charge is 0.362 e. The van der Waals surface area contributed by atoms with E-state index in [9.17, 15) is 19.5 Å². The number of allylic oxidation sites excluding steroid dienone is 4. The van der Waals surface area contributed by atoms with Gasteiger partial charge in [-0.25, -0.2) is 0 Å². The van der Waals surface area contributed by atoms with Crippen LogP contribution in [0, 0.1) is 0 Å². The number of unbranched alkanes of at least 4 members (excludes halogenated alkanes) is 11. The summed E-state index contributed by atoms with van der Waals surface area (Å²) in [6.07, 6.45) is 25.6. The van der Waals surface area contributed by atoms with Crippen LogP contribution in [0.2, 0.25) is 0 Å². The lowest BCUT2D eigenvalue weighted by Crippen LogP contribution is -2.49. The molecule has 0 amide bonds. The molecule has 6 heteroatoms. The van der Waals surface area contributed by atoms with Gasteiger partial charge in [0.05, 0.1) is 21.1 Å². The molecule has 0 heterocycles. The highest BCUT2D eigenvalue weighted by atomic mass is 31.2. The van der Waals surface area contributed by atoms with Gasteiger partial charge >= 0.3 is 7.60 Å². The molecule has 0 aromatic carbocycles. The molecule has 0 spiro atoms. The molecule has 5 nitrogen and oxygen atoms in total. The zero-order chi connectivity index (χ0) is 23.6. The van der Waals surface area contributed by atoms with Gasteiger partial charge in [0.15, 0.2) is 0 Å². The zero-order valence-corrected chi connectivity index (χ0v) is 21.7. The number of hydrogen-bond acceptors (Lipinski definition) is 2. The summed E-state index contributed by atoms with van der Waals surface area (Å²) in [4.78, 5) is 19.1. The second-order valence-corrected chi connectivity index (χ2v) is 11.9. The highest BCUT2D eigenvalue weighted by Gasteiger charge is 2.48. The van der Waals surface area contributed by atoms with Crippen molar-refractivity contribution < 1.29 is 23.9 Å². The Balaban J connectivity index is 3.76. The van der Waals surface area contributed by atoms with E-state index in [2.05, 4.69) is 31.2 Å². The Bertz CT molecular complexity index is 536. The van der Waals surface area contributed by atoms with Crippen molar-refractivity contribution in [1.82, 2.24) is 0 Å². The van der Waals surface area contributed by atoms with E-state index >= 15 is 0 Å². The average molecular weight is 461 g/mol. The van der Waals surface area contributed by atoms with Crippen molar-refractivity contribution in [3.8, 4) is 0 Å². The van der Waals surface area contributed by atoms with E-state index in [4.69, 9.17) is 0 Å². The van der Waals surface area contributed by atoms with Gasteiger partial charge in [-0.15, -0.1) is 0 Å². The van der Waals surface area contributed by atoms with Crippen LogP contribution in [0.1, 0.15) is 103 Å². The summed E-state index contributed by atoms with van der Waals surface area (Å²) in [5.74, 6) is 0. The third-order valence-electron chi connectivity index (χ3n) is 5.52. The molecule has 1 atom stereocenters. The average Bonchev–Trinajstić information content (AvgIpc) is 2.65. The van der Waals surface area contributed by atoms with Gasteiger partial charge in [-0.2, -0.15) is 0 Å². The normalized spacial score (nSPS) is 15.2. The van der Waals surface area contributed by atoms with Crippen LogP contribution in [0.3, 0.4) is 0 Å². The molecule has 31 heavy (non-hydrogen) atoms. The van der Waals surface area contributed by atoms with Gasteiger partial charge in [-0.1, -0.05) is 76.2 Å². The number of quaternary nitrogens is 1. The van der Waals surface area contributed by atoms with E-state index in [-0.39, 0.29) is 13.0 Å². The third-order valence-corrected chi connectivity index (χ3v) is 6.97. The van der Waals surface area contributed by atoms with Crippen molar-refractivity contribution in [2.45, 2.75) is 109 Å². The Kier molecular flexibility index (Phi) is 16.8. The maximum atomic E-state index is 11.8. The van der Waals surface area contributed by atoms with Gasteiger partial charge < -0.3 is 19.4 Å². The predicted octanol–water partition coefficient (Wildman–Crippen LogP) is 6.54. The van der Waals surface area contributed by atoms with E-state index in [0.717, 1.165) is 25.7 Å². The maximum absolute atomic E-state index is 11.8. The largest absolute Gasteiger partial charge is 0.373 e. The van der Waals surface area contributed by atoms with Gasteiger partial charge in [0.1, 0.15) is 6.54 Å². The number of rotatable bonds is 20. The van der Waals surface area contributed by atoms with Crippen LogP contribution < -0.4 is 0 Å². The molecule has 184 valence electrons. The zero-order valence-electron chi connectivity index (χ0n) is 20.8. The first-order valence-corrected chi connectivity index (χ1v) is 14.0. The van der Waals surface area contributed by atoms with Crippen LogP contribution in [-0.2, 0) is 4.57 Å². The minimum Gasteiger partial charge on any atom is -0.373 e. The lowest BCUT2D eigenvalue weighted by Gasteiger charge is -2.35. The maximum Gasteiger partial charge on any atom is 0.362 e. The molecule has 0 aromatic rings. The second-order valence-electron chi connectivity index (χ2n) is 10.0. The minimum absolute atomic E-state index is 0.0340. The Morgan fingerprint density at radius 3 is 1.58 bits per heavy atom. The van der Waals surface area contributed by atoms with Crippen molar-refractivity contribution in [3.63, 3.8) is 0 Å². The SMILES string of the molecule is CCCCCCCCCC/C=C\CCC/C=C\CCCC(O)(C[N+](C)(C)C)P(=O)(O)O. The first-order chi connectivity index (χ1) is 14.5. The van der Waals surface area contributed by atoms with Crippen LogP contribution in [0.15, 0.2) is 24.3 Å². The number of hydrogen-bond donors (Lipinski definition) is 3. The van der Waals surface area contributed by atoms with Gasteiger partial charge in [0.2, 0.25) is 5.34 Å². The molecule has 3 N–H and O–H groups in total. The molecule has 0 fully saturated rings. The van der Waals surface area contributed by atoms with Crippen molar-refractivity contribution in [1.29, 1.82) is 0 Å². The van der Waals surface area contributed by atoms with E-state index in [1.54, 1.807) is 0 Å². The summed E-state index contributed by atoms with van der Waals surface area (Å²) in [5, 5.41) is 8.56. The Labute approximate surface area is 192 Å². The first-order valence-electron chi connectivity index (χ1n) is 12.4. The monoisotopic (exact) mass is 460 g/mol. The van der Waals surface area contributed by atoms with Crippen molar-refractivity contribution in [2.75, 3.05) is 27.7 Å². The van der Waals surface area contributed by atoms with Crippen LogP contribution in [0.5, 0.6) is 0 Å². The number of likely N-dealkylation sites (N-methyl/N-ethyl adjacent to an activating group) is 1. The van der Waals surface area contributed by atoms with E-state index in [1.165, 1.54) is 57.8 Å². The van der Waals surface area contributed by atoms with E-state index in [0.29, 0.717) is 10.9 Å². The molecule has 0 aliphatic rings. The molecule has 0 saturated heterocycles. The van der Waals surface area contributed by atoms with Crippen LogP contribution in [0.25, 0.3) is 0 Å². The molecule has 0 rings (SSSR count). The number of aliphatic hydroxyl groups is 1. The predicted molar refractivity (Wildman–Crippen MR) is 133 cm³/mol. The summed E-state index contributed by atoms with van der Waals surface area (Å²) in [6, 6.07) is 0. The molecule has 1 unspecified atom stereocenters. The highest BCUT2D eigenvalue weighted by molar-refractivity contribution is 7.53. The van der Waals surface area contributed by atoms with Crippen LogP contribution in [0.4, 0.5) is 0 Å². The van der Waals surface area contributed by atoms with Gasteiger partial charge in [0, 0.05) is 0 Å². The third kappa shape index (κ3) is 17.7. The molecule has 0 aromatic heterocycles. The van der Waals surface area contributed by atoms with Gasteiger partial charge in [0.25, 0.3) is 0 Å². The summed E-state index contributed by atoms with van der Waals surface area (Å²) in [5.41, 5.74) is 0. The standard InChI is InChI=1S/C25H50NO4P/c1-5-6-7-8-9-10-11-12-13-14-15-16-17-18-19-20-21-22-23-25(27,31(28,29)30)24-26(2,3)4/h14-15,19-20,27H,5-13,16-18,21-24H2,1-4H3,(H-,28,29,30)/p+1/b15-14-,20-19-. The van der Waals surface area contributed by atoms with Crippen molar-refractivity contribution >= 4 is 7.60 Å². The molecule has 0 saturated carbocycles. The molecule has 0 aliphatic carbocycles. The Hall–Kier alpha value is -0.450. The fourth-order valence-electron chi connectivity index (χ4n) is 3.80. The van der Waals surface area contributed by atoms with Gasteiger partial charge in [-0.3, -0.25) is 4.57 Å². The Morgan fingerprint density at radius 2 is 1.13 bits per heavy atom. The molecule has 0 aliphatic heterocycles. The van der Waals surface area contributed by atoms with E-state index < -0.39 is 12.9 Å². The molecular formula is C25H51NO4P+. The fraction of sp³-hybridized carbons (Fsp3) is 0.840. The van der Waals surface area contributed by atoms with Crippen molar-refractivity contribution in [2.24, 2.45) is 0 Å². The van der Waals surface area contributed by atoms with Crippen LogP contribution >= 0.6 is 7.60 Å². The molecule has 0 bridgehead atoms. The topological polar surface area (TPSA) is 77.8 Å². The summed E-state index contributed by atoms with van der Waals surface area (Å²) in [7, 11) is 0.903.